The van der Waals surface area contributed by atoms with Crippen molar-refractivity contribution >= 4 is 35.4 Å². The molecule has 36 heavy (non-hydrogen) atoms. The van der Waals surface area contributed by atoms with E-state index >= 15 is 0 Å². The van der Waals surface area contributed by atoms with Crippen molar-refractivity contribution in [3.8, 4) is 11.4 Å². The average Bonchev–Trinajstić information content (AvgIpc) is 3.32. The van der Waals surface area contributed by atoms with Crippen molar-refractivity contribution in [3.05, 3.63) is 118 Å². The Bertz CT molecular complexity index is 1470. The lowest BCUT2D eigenvalue weighted by Gasteiger charge is -2.12. The fraction of sp³-hybridized carbons (Fsp3) is 0.103. The molecule has 0 bridgehead atoms. The maximum Gasteiger partial charge on any atom is 0.427 e. The number of imide groups is 1. The number of para-hydroxylation sites is 1. The normalized spacial score (nSPS) is 14.4. The number of aromatic nitrogens is 1. The van der Waals surface area contributed by atoms with Crippen molar-refractivity contribution in [3.63, 3.8) is 0 Å². The number of rotatable bonds is 6. The van der Waals surface area contributed by atoms with Crippen LogP contribution < -0.4 is 9.64 Å². The first-order valence-corrected chi connectivity index (χ1v) is 11.8. The summed E-state index contributed by atoms with van der Waals surface area (Å²) in [6.07, 6.45) is 0.905. The van der Waals surface area contributed by atoms with Crippen LogP contribution in [0.1, 0.15) is 22.5 Å². The Morgan fingerprint density at radius 3 is 2.31 bits per heavy atom. The van der Waals surface area contributed by atoms with Gasteiger partial charge >= 0.3 is 12.0 Å². The van der Waals surface area contributed by atoms with Gasteiger partial charge in [-0.1, -0.05) is 48.0 Å². The molecule has 4 aromatic rings. The van der Waals surface area contributed by atoms with E-state index < -0.39 is 12.0 Å². The van der Waals surface area contributed by atoms with Crippen LogP contribution >= 0.6 is 11.6 Å². The number of nitrogens with zero attached hydrogens (tertiary/aromatic N) is 2. The van der Waals surface area contributed by atoms with Gasteiger partial charge in [-0.25, -0.2) is 9.69 Å². The molecule has 1 aliphatic heterocycles. The monoisotopic (exact) mass is 498 g/mol. The number of hydrogen-bond donors (Lipinski definition) is 0. The van der Waals surface area contributed by atoms with Crippen LogP contribution in [0, 0.1) is 13.8 Å². The fourth-order valence-corrected chi connectivity index (χ4v) is 4.40. The summed E-state index contributed by atoms with van der Waals surface area (Å²) in [5, 5.41) is 0.674. The minimum atomic E-state index is -0.710. The minimum Gasteiger partial charge on any atom is -0.489 e. The molecule has 5 rings (SSSR count). The zero-order valence-electron chi connectivity index (χ0n) is 19.8. The van der Waals surface area contributed by atoms with Crippen LogP contribution in [0.15, 0.2) is 90.7 Å². The highest BCUT2D eigenvalue weighted by Gasteiger charge is 2.37. The SMILES string of the molecule is Cc1cc(/C=C2/OC(=O)N(c3ccccc3)C2=O)c(C)n1-c1ccc(OCc2ccccc2Cl)cc1. The Hall–Kier alpha value is -4.29. The molecule has 1 aliphatic rings. The van der Waals surface area contributed by atoms with Crippen molar-refractivity contribution in [2.45, 2.75) is 20.5 Å². The molecule has 2 amide bonds. The van der Waals surface area contributed by atoms with Gasteiger partial charge in [0, 0.05) is 27.7 Å². The molecule has 0 spiro atoms. The summed E-state index contributed by atoms with van der Waals surface area (Å²) < 4.78 is 13.3. The van der Waals surface area contributed by atoms with Crippen LogP contribution in [0.2, 0.25) is 5.02 Å². The summed E-state index contributed by atoms with van der Waals surface area (Å²) in [5.41, 5.74) is 5.01. The van der Waals surface area contributed by atoms with Gasteiger partial charge in [-0.3, -0.25) is 4.79 Å². The lowest BCUT2D eigenvalue weighted by atomic mass is 10.2. The van der Waals surface area contributed by atoms with Crippen LogP contribution in [-0.2, 0) is 16.1 Å². The molecule has 1 saturated heterocycles. The molecule has 1 aromatic heterocycles. The van der Waals surface area contributed by atoms with Crippen molar-refractivity contribution < 1.29 is 19.1 Å². The molecule has 0 atom stereocenters. The van der Waals surface area contributed by atoms with E-state index in [1.54, 1.807) is 30.3 Å². The van der Waals surface area contributed by atoms with Crippen molar-refractivity contribution in [1.29, 1.82) is 0 Å². The molecular formula is C29H23ClN2O4. The van der Waals surface area contributed by atoms with Gasteiger partial charge in [0.25, 0.3) is 0 Å². The van der Waals surface area contributed by atoms with Gasteiger partial charge in [0.2, 0.25) is 0 Å². The first kappa shape index (κ1) is 23.5. The van der Waals surface area contributed by atoms with Crippen molar-refractivity contribution in [2.24, 2.45) is 0 Å². The van der Waals surface area contributed by atoms with Crippen LogP contribution in [-0.4, -0.2) is 16.6 Å². The van der Waals surface area contributed by atoms with Crippen LogP contribution in [0.3, 0.4) is 0 Å². The molecular weight excluding hydrogens is 476 g/mol. The third-order valence-electron chi connectivity index (χ3n) is 6.01. The molecule has 0 saturated carbocycles. The van der Waals surface area contributed by atoms with Crippen LogP contribution in [0.25, 0.3) is 11.8 Å². The predicted molar refractivity (Wildman–Crippen MR) is 139 cm³/mol. The van der Waals surface area contributed by atoms with E-state index in [9.17, 15) is 9.59 Å². The summed E-state index contributed by atoms with van der Waals surface area (Å²) in [4.78, 5) is 26.3. The van der Waals surface area contributed by atoms with Gasteiger partial charge in [-0.15, -0.1) is 0 Å². The number of amides is 2. The Balaban J connectivity index is 1.36. The van der Waals surface area contributed by atoms with Gasteiger partial charge < -0.3 is 14.0 Å². The van der Waals surface area contributed by atoms with Gasteiger partial charge in [-0.05, 0) is 74.0 Å². The number of carbonyl (C=O) groups excluding carboxylic acids is 2. The summed E-state index contributed by atoms with van der Waals surface area (Å²) >= 11 is 6.21. The smallest absolute Gasteiger partial charge is 0.427 e. The van der Waals surface area contributed by atoms with Gasteiger partial charge in [0.05, 0.1) is 5.69 Å². The summed E-state index contributed by atoms with van der Waals surface area (Å²) in [5.74, 6) is 0.233. The van der Waals surface area contributed by atoms with E-state index in [4.69, 9.17) is 21.1 Å². The lowest BCUT2D eigenvalue weighted by Crippen LogP contribution is -2.28. The lowest BCUT2D eigenvalue weighted by molar-refractivity contribution is -0.114. The summed E-state index contributed by atoms with van der Waals surface area (Å²) in [7, 11) is 0. The van der Waals surface area contributed by atoms with E-state index in [1.807, 2.05) is 74.5 Å². The number of carbonyl (C=O) groups is 2. The second kappa shape index (κ2) is 9.76. The molecule has 7 heteroatoms. The number of cyclic esters (lactones) is 1. The highest BCUT2D eigenvalue weighted by Crippen LogP contribution is 2.29. The molecule has 1 fully saturated rings. The van der Waals surface area contributed by atoms with Gasteiger partial charge in [0.1, 0.15) is 12.4 Å². The molecule has 0 radical (unpaired) electrons. The third-order valence-corrected chi connectivity index (χ3v) is 6.38. The Morgan fingerprint density at radius 2 is 1.58 bits per heavy atom. The quantitative estimate of drug-likeness (QED) is 0.273. The molecule has 6 nitrogen and oxygen atoms in total. The number of anilines is 1. The topological polar surface area (TPSA) is 60.8 Å². The van der Waals surface area contributed by atoms with E-state index in [1.165, 1.54) is 0 Å². The average molecular weight is 499 g/mol. The second-order valence-electron chi connectivity index (χ2n) is 8.39. The molecule has 0 unspecified atom stereocenters. The predicted octanol–water partition coefficient (Wildman–Crippen LogP) is 6.85. The van der Waals surface area contributed by atoms with E-state index in [2.05, 4.69) is 4.57 Å². The van der Waals surface area contributed by atoms with Gasteiger partial charge in [-0.2, -0.15) is 0 Å². The van der Waals surface area contributed by atoms with E-state index in [0.29, 0.717) is 17.3 Å². The minimum absolute atomic E-state index is 0.00702. The Morgan fingerprint density at radius 1 is 0.889 bits per heavy atom. The summed E-state index contributed by atoms with van der Waals surface area (Å²) in [6.45, 7) is 4.32. The molecule has 2 heterocycles. The maximum atomic E-state index is 12.9. The van der Waals surface area contributed by atoms with Crippen molar-refractivity contribution in [1.82, 2.24) is 4.57 Å². The molecule has 3 aromatic carbocycles. The second-order valence-corrected chi connectivity index (χ2v) is 8.80. The number of hydrogen-bond acceptors (Lipinski definition) is 4. The highest BCUT2D eigenvalue weighted by atomic mass is 35.5. The first-order chi connectivity index (χ1) is 17.4. The Kier molecular flexibility index (Phi) is 6.36. The van der Waals surface area contributed by atoms with E-state index in [0.717, 1.165) is 38.9 Å². The van der Waals surface area contributed by atoms with Crippen LogP contribution in [0.4, 0.5) is 10.5 Å². The zero-order valence-corrected chi connectivity index (χ0v) is 20.5. The standard InChI is InChI=1S/C29H23ClN2O4/c1-19-16-22(17-27-28(33)32(29(34)36-27)23-9-4-3-5-10-23)20(2)31(19)24-12-14-25(15-13-24)35-18-21-8-6-7-11-26(21)30/h3-17H,18H2,1-2H3/b27-17+. The maximum absolute atomic E-state index is 12.9. The largest absolute Gasteiger partial charge is 0.489 e. The number of aryl methyl sites for hydroxylation is 1. The number of halogens is 1. The first-order valence-electron chi connectivity index (χ1n) is 11.4. The van der Waals surface area contributed by atoms with E-state index in [-0.39, 0.29) is 5.76 Å². The molecule has 0 N–H and O–H groups in total. The number of benzene rings is 3. The van der Waals surface area contributed by atoms with Crippen LogP contribution in [0.5, 0.6) is 5.75 Å². The fourth-order valence-electron chi connectivity index (χ4n) is 4.21. The molecule has 0 aliphatic carbocycles. The molecule has 180 valence electrons. The van der Waals surface area contributed by atoms with Crippen molar-refractivity contribution in [2.75, 3.05) is 4.90 Å². The highest BCUT2D eigenvalue weighted by molar-refractivity contribution is 6.31. The third kappa shape index (κ3) is 4.51. The van der Waals surface area contributed by atoms with Gasteiger partial charge in [0.15, 0.2) is 5.76 Å². The summed E-state index contributed by atoms with van der Waals surface area (Å²) in [6, 6.07) is 26.0. The Labute approximate surface area is 213 Å². The zero-order chi connectivity index (χ0) is 25.2. The number of ether oxygens (including phenoxy) is 2.